The molecule has 0 aliphatic carbocycles. The molecule has 1 nitrogen and oxygen atoms in total. The minimum atomic E-state index is 0.472. The summed E-state index contributed by atoms with van der Waals surface area (Å²) in [6.07, 6.45) is 2.37. The maximum atomic E-state index is 6.05. The number of hydrogen-bond acceptors (Lipinski definition) is 2. The van der Waals surface area contributed by atoms with E-state index in [-0.39, 0.29) is 0 Å². The lowest BCUT2D eigenvalue weighted by Crippen LogP contribution is -2.19. The van der Waals surface area contributed by atoms with Gasteiger partial charge in [-0.15, -0.1) is 11.3 Å². The van der Waals surface area contributed by atoms with Crippen molar-refractivity contribution in [3.05, 3.63) is 44.7 Å². The molecule has 1 aromatic heterocycles. The predicted molar refractivity (Wildman–Crippen MR) is 93.8 cm³/mol. The zero-order valence-electron chi connectivity index (χ0n) is 11.7. The molecule has 0 fully saturated rings. The average Bonchev–Trinajstić information content (AvgIpc) is 2.91. The Morgan fingerprint density at radius 2 is 2.05 bits per heavy atom. The molecule has 0 spiro atoms. The summed E-state index contributed by atoms with van der Waals surface area (Å²) in [5, 5.41) is 4.32. The van der Waals surface area contributed by atoms with Crippen LogP contribution in [0.1, 0.15) is 37.6 Å². The first kappa shape index (κ1) is 16.0. The fourth-order valence-corrected chi connectivity index (χ4v) is 3.84. The molecule has 0 radical (unpaired) electrons. The third kappa shape index (κ3) is 3.85. The summed E-state index contributed by atoms with van der Waals surface area (Å²) in [6, 6.07) is 11.0. The summed E-state index contributed by atoms with van der Waals surface area (Å²) in [5.74, 6) is 0. The van der Waals surface area contributed by atoms with Crippen LogP contribution < -0.4 is 5.32 Å². The second-order valence-electron chi connectivity index (χ2n) is 4.73. The van der Waals surface area contributed by atoms with Crippen LogP contribution in [-0.4, -0.2) is 6.54 Å². The van der Waals surface area contributed by atoms with E-state index < -0.39 is 0 Å². The van der Waals surface area contributed by atoms with Gasteiger partial charge in [0, 0.05) is 20.3 Å². The zero-order valence-corrected chi connectivity index (χ0v) is 14.9. The smallest absolute Gasteiger partial charge is 0.0548 e. The Kier molecular flexibility index (Phi) is 6.09. The van der Waals surface area contributed by atoms with Crippen LogP contribution in [0.5, 0.6) is 0 Å². The Morgan fingerprint density at radius 3 is 2.70 bits per heavy atom. The standard InChI is InChI=1S/C16H19BrClNS/c1-3-5-14(19-4-2)16-9-8-15(20-16)11-6-7-13(18)12(17)10-11/h6-10,14,19H,3-5H2,1-2H3. The molecule has 0 saturated carbocycles. The van der Waals surface area contributed by atoms with Crippen molar-refractivity contribution < 1.29 is 0 Å². The van der Waals surface area contributed by atoms with Crippen molar-refractivity contribution in [1.29, 1.82) is 0 Å². The molecular formula is C16H19BrClNS. The molecule has 0 amide bonds. The maximum absolute atomic E-state index is 6.05. The van der Waals surface area contributed by atoms with Gasteiger partial charge in [0.1, 0.15) is 0 Å². The highest BCUT2D eigenvalue weighted by Gasteiger charge is 2.13. The SMILES string of the molecule is CCCC(NCC)c1ccc(-c2ccc(Cl)c(Br)c2)s1. The van der Waals surface area contributed by atoms with Gasteiger partial charge >= 0.3 is 0 Å². The van der Waals surface area contributed by atoms with E-state index >= 15 is 0 Å². The van der Waals surface area contributed by atoms with Gasteiger partial charge in [0.05, 0.1) is 5.02 Å². The van der Waals surface area contributed by atoms with Crippen molar-refractivity contribution in [1.82, 2.24) is 5.32 Å². The van der Waals surface area contributed by atoms with Crippen molar-refractivity contribution >= 4 is 38.9 Å². The zero-order chi connectivity index (χ0) is 14.5. The maximum Gasteiger partial charge on any atom is 0.0548 e. The number of halogens is 2. The van der Waals surface area contributed by atoms with Crippen LogP contribution in [0.2, 0.25) is 5.02 Å². The van der Waals surface area contributed by atoms with Crippen molar-refractivity contribution in [3.8, 4) is 10.4 Å². The number of hydrogen-bond donors (Lipinski definition) is 1. The van der Waals surface area contributed by atoms with Gasteiger partial charge in [-0.05, 0) is 58.7 Å². The minimum absolute atomic E-state index is 0.472. The predicted octanol–water partition coefficient (Wildman–Crippen LogP) is 6.28. The van der Waals surface area contributed by atoms with Gasteiger partial charge in [-0.2, -0.15) is 0 Å². The lowest BCUT2D eigenvalue weighted by Gasteiger charge is -2.15. The number of rotatable bonds is 6. The molecule has 20 heavy (non-hydrogen) atoms. The second kappa shape index (κ2) is 7.60. The van der Waals surface area contributed by atoms with Crippen LogP contribution in [0.15, 0.2) is 34.8 Å². The van der Waals surface area contributed by atoms with Crippen LogP contribution in [0.25, 0.3) is 10.4 Å². The van der Waals surface area contributed by atoms with E-state index in [2.05, 4.69) is 59.4 Å². The van der Waals surface area contributed by atoms with Gasteiger partial charge in [0.2, 0.25) is 0 Å². The van der Waals surface area contributed by atoms with E-state index in [9.17, 15) is 0 Å². The Morgan fingerprint density at radius 1 is 1.25 bits per heavy atom. The molecule has 0 bridgehead atoms. The Bertz CT molecular complexity index is 561. The largest absolute Gasteiger partial charge is 0.310 e. The Labute approximate surface area is 138 Å². The van der Waals surface area contributed by atoms with Crippen LogP contribution in [0.4, 0.5) is 0 Å². The van der Waals surface area contributed by atoms with Crippen LogP contribution >= 0.6 is 38.9 Å². The molecule has 1 atom stereocenters. The molecule has 108 valence electrons. The molecular weight excluding hydrogens is 354 g/mol. The molecule has 1 N–H and O–H groups in total. The highest BCUT2D eigenvalue weighted by atomic mass is 79.9. The van der Waals surface area contributed by atoms with E-state index in [1.807, 2.05) is 17.4 Å². The summed E-state index contributed by atoms with van der Waals surface area (Å²) in [7, 11) is 0. The van der Waals surface area contributed by atoms with E-state index in [0.717, 1.165) is 16.0 Å². The first-order chi connectivity index (χ1) is 9.65. The summed E-state index contributed by atoms with van der Waals surface area (Å²) in [6.45, 7) is 5.40. The fourth-order valence-electron chi connectivity index (χ4n) is 2.22. The molecule has 0 aliphatic heterocycles. The first-order valence-electron chi connectivity index (χ1n) is 6.94. The lowest BCUT2D eigenvalue weighted by atomic mass is 10.1. The Hall–Kier alpha value is -0.350. The van der Waals surface area contributed by atoms with Crippen LogP contribution in [-0.2, 0) is 0 Å². The molecule has 2 aromatic rings. The molecule has 1 heterocycles. The third-order valence-electron chi connectivity index (χ3n) is 3.20. The highest BCUT2D eigenvalue weighted by Crippen LogP contribution is 2.35. The van der Waals surface area contributed by atoms with Crippen LogP contribution in [0, 0.1) is 0 Å². The van der Waals surface area contributed by atoms with E-state index in [1.165, 1.54) is 28.2 Å². The van der Waals surface area contributed by atoms with Gasteiger partial charge in [0.15, 0.2) is 0 Å². The number of thiophene rings is 1. The molecule has 0 saturated heterocycles. The van der Waals surface area contributed by atoms with E-state index in [4.69, 9.17) is 11.6 Å². The molecule has 4 heteroatoms. The van der Waals surface area contributed by atoms with Crippen molar-refractivity contribution in [3.63, 3.8) is 0 Å². The fraction of sp³-hybridized carbons (Fsp3) is 0.375. The van der Waals surface area contributed by atoms with Gasteiger partial charge in [-0.1, -0.05) is 37.9 Å². The summed E-state index contributed by atoms with van der Waals surface area (Å²) < 4.78 is 0.948. The third-order valence-corrected chi connectivity index (χ3v) is 5.66. The van der Waals surface area contributed by atoms with Crippen molar-refractivity contribution in [2.75, 3.05) is 6.54 Å². The molecule has 1 aromatic carbocycles. The first-order valence-corrected chi connectivity index (χ1v) is 8.93. The molecule has 1 unspecified atom stereocenters. The van der Waals surface area contributed by atoms with E-state index in [0.29, 0.717) is 6.04 Å². The van der Waals surface area contributed by atoms with Gasteiger partial charge < -0.3 is 5.32 Å². The topological polar surface area (TPSA) is 12.0 Å². The minimum Gasteiger partial charge on any atom is -0.310 e. The second-order valence-corrected chi connectivity index (χ2v) is 7.11. The summed E-state index contributed by atoms with van der Waals surface area (Å²) in [4.78, 5) is 2.70. The number of nitrogens with one attached hydrogen (secondary N) is 1. The average molecular weight is 373 g/mol. The van der Waals surface area contributed by atoms with Gasteiger partial charge in [-0.3, -0.25) is 0 Å². The Balaban J connectivity index is 2.24. The van der Waals surface area contributed by atoms with Crippen LogP contribution in [0.3, 0.4) is 0 Å². The quantitative estimate of drug-likeness (QED) is 0.629. The monoisotopic (exact) mass is 371 g/mol. The molecule has 2 rings (SSSR count). The lowest BCUT2D eigenvalue weighted by molar-refractivity contribution is 0.516. The van der Waals surface area contributed by atoms with Crippen molar-refractivity contribution in [2.45, 2.75) is 32.7 Å². The van der Waals surface area contributed by atoms with E-state index in [1.54, 1.807) is 0 Å². The van der Waals surface area contributed by atoms with Gasteiger partial charge in [0.25, 0.3) is 0 Å². The highest BCUT2D eigenvalue weighted by molar-refractivity contribution is 9.10. The summed E-state index contributed by atoms with van der Waals surface area (Å²) in [5.41, 5.74) is 1.21. The molecule has 0 aliphatic rings. The normalized spacial score (nSPS) is 12.6. The summed E-state index contributed by atoms with van der Waals surface area (Å²) >= 11 is 11.4. The van der Waals surface area contributed by atoms with Gasteiger partial charge in [-0.25, -0.2) is 0 Å². The van der Waals surface area contributed by atoms with Crippen molar-refractivity contribution in [2.24, 2.45) is 0 Å². The number of benzene rings is 1.